The fourth-order valence-electron chi connectivity index (χ4n) is 1.78. The Hall–Kier alpha value is -2.33. The molecule has 2 aromatic rings. The van der Waals surface area contributed by atoms with Gasteiger partial charge in [-0.15, -0.1) is 0 Å². The van der Waals surface area contributed by atoms with Gasteiger partial charge in [0.1, 0.15) is 5.75 Å². The fraction of sp³-hybridized carbons (Fsp3) is 0.188. The molecule has 0 aliphatic rings. The van der Waals surface area contributed by atoms with Crippen molar-refractivity contribution in [2.45, 2.75) is 13.5 Å². The SMILES string of the molecule is Cc1cccc(OCC(=O)Nc2ccc(CN)cc2)c1. The standard InChI is InChI=1S/C16H18N2O2/c1-12-3-2-4-15(9-12)20-11-16(19)18-14-7-5-13(10-17)6-8-14/h2-9H,10-11,17H2,1H3,(H,18,19). The topological polar surface area (TPSA) is 64.3 Å². The van der Waals surface area contributed by atoms with Gasteiger partial charge in [0.05, 0.1) is 0 Å². The molecule has 1 amide bonds. The molecule has 2 aromatic carbocycles. The Kier molecular flexibility index (Phi) is 4.74. The lowest BCUT2D eigenvalue weighted by Gasteiger charge is -2.08. The van der Waals surface area contributed by atoms with Crippen LogP contribution in [0.4, 0.5) is 5.69 Å². The molecule has 0 saturated heterocycles. The van der Waals surface area contributed by atoms with Crippen LogP contribution in [0.3, 0.4) is 0 Å². The number of aryl methyl sites for hydroxylation is 1. The van der Waals surface area contributed by atoms with Gasteiger partial charge in [0.25, 0.3) is 5.91 Å². The van der Waals surface area contributed by atoms with Gasteiger partial charge in [-0.3, -0.25) is 4.79 Å². The van der Waals surface area contributed by atoms with E-state index in [-0.39, 0.29) is 12.5 Å². The van der Waals surface area contributed by atoms with E-state index in [4.69, 9.17) is 10.5 Å². The molecule has 0 atom stereocenters. The van der Waals surface area contributed by atoms with Gasteiger partial charge in [-0.2, -0.15) is 0 Å². The number of anilines is 1. The zero-order chi connectivity index (χ0) is 14.4. The van der Waals surface area contributed by atoms with E-state index in [0.717, 1.165) is 16.8 Å². The average molecular weight is 270 g/mol. The Morgan fingerprint density at radius 1 is 1.20 bits per heavy atom. The van der Waals surface area contributed by atoms with Crippen molar-refractivity contribution >= 4 is 11.6 Å². The zero-order valence-electron chi connectivity index (χ0n) is 11.4. The van der Waals surface area contributed by atoms with E-state index in [9.17, 15) is 4.79 Å². The largest absolute Gasteiger partial charge is 0.484 e. The van der Waals surface area contributed by atoms with Gasteiger partial charge in [-0.25, -0.2) is 0 Å². The van der Waals surface area contributed by atoms with E-state index in [1.807, 2.05) is 55.5 Å². The van der Waals surface area contributed by atoms with Gasteiger partial charge < -0.3 is 15.8 Å². The van der Waals surface area contributed by atoms with Gasteiger partial charge in [-0.1, -0.05) is 24.3 Å². The summed E-state index contributed by atoms with van der Waals surface area (Å²) in [6, 6.07) is 15.0. The molecule has 0 radical (unpaired) electrons. The predicted octanol–water partition coefficient (Wildman–Crippen LogP) is 2.47. The zero-order valence-corrected chi connectivity index (χ0v) is 11.4. The molecule has 104 valence electrons. The molecule has 0 fully saturated rings. The molecule has 20 heavy (non-hydrogen) atoms. The Morgan fingerprint density at radius 3 is 2.60 bits per heavy atom. The van der Waals surface area contributed by atoms with E-state index in [1.54, 1.807) is 0 Å². The second-order valence-electron chi connectivity index (χ2n) is 4.55. The van der Waals surface area contributed by atoms with E-state index >= 15 is 0 Å². The number of hydrogen-bond donors (Lipinski definition) is 2. The maximum absolute atomic E-state index is 11.8. The monoisotopic (exact) mass is 270 g/mol. The predicted molar refractivity (Wildman–Crippen MR) is 79.6 cm³/mol. The number of hydrogen-bond acceptors (Lipinski definition) is 3. The molecular weight excluding hydrogens is 252 g/mol. The second kappa shape index (κ2) is 6.73. The number of nitrogens with two attached hydrogens (primary N) is 1. The molecule has 0 bridgehead atoms. The molecule has 3 N–H and O–H groups in total. The van der Waals surface area contributed by atoms with Gasteiger partial charge in [-0.05, 0) is 42.3 Å². The molecule has 0 aromatic heterocycles. The van der Waals surface area contributed by atoms with E-state index in [2.05, 4.69) is 5.32 Å². The van der Waals surface area contributed by atoms with Crippen molar-refractivity contribution in [3.05, 3.63) is 59.7 Å². The summed E-state index contributed by atoms with van der Waals surface area (Å²) >= 11 is 0. The van der Waals surface area contributed by atoms with Crippen LogP contribution in [0, 0.1) is 6.92 Å². The lowest BCUT2D eigenvalue weighted by molar-refractivity contribution is -0.118. The number of nitrogens with one attached hydrogen (secondary N) is 1. The summed E-state index contributed by atoms with van der Waals surface area (Å²) in [5, 5.41) is 2.77. The van der Waals surface area contributed by atoms with Gasteiger partial charge in [0.15, 0.2) is 6.61 Å². The number of ether oxygens (including phenoxy) is 1. The van der Waals surface area contributed by atoms with Crippen molar-refractivity contribution < 1.29 is 9.53 Å². The quantitative estimate of drug-likeness (QED) is 0.877. The third kappa shape index (κ3) is 4.10. The summed E-state index contributed by atoms with van der Waals surface area (Å²) in [6.07, 6.45) is 0. The average Bonchev–Trinajstić information content (AvgIpc) is 2.46. The fourth-order valence-corrected chi connectivity index (χ4v) is 1.78. The number of carbonyl (C=O) groups is 1. The summed E-state index contributed by atoms with van der Waals surface area (Å²) < 4.78 is 5.43. The maximum Gasteiger partial charge on any atom is 0.262 e. The molecule has 0 unspecified atom stereocenters. The first-order chi connectivity index (χ1) is 9.67. The lowest BCUT2D eigenvalue weighted by atomic mass is 10.2. The molecular formula is C16H18N2O2. The van der Waals surface area contributed by atoms with E-state index < -0.39 is 0 Å². The summed E-state index contributed by atoms with van der Waals surface area (Å²) in [4.78, 5) is 11.8. The van der Waals surface area contributed by atoms with Crippen LogP contribution in [0.25, 0.3) is 0 Å². The number of carbonyl (C=O) groups excluding carboxylic acids is 1. The minimum atomic E-state index is -0.188. The van der Waals surface area contributed by atoms with Crippen molar-refractivity contribution in [2.24, 2.45) is 5.73 Å². The van der Waals surface area contributed by atoms with Crippen molar-refractivity contribution in [1.29, 1.82) is 0 Å². The molecule has 4 nitrogen and oxygen atoms in total. The van der Waals surface area contributed by atoms with Gasteiger partial charge >= 0.3 is 0 Å². The van der Waals surface area contributed by atoms with Crippen LogP contribution in [0.15, 0.2) is 48.5 Å². The third-order valence-electron chi connectivity index (χ3n) is 2.83. The summed E-state index contributed by atoms with van der Waals surface area (Å²) in [6.45, 7) is 2.46. The first-order valence-corrected chi connectivity index (χ1v) is 6.46. The first kappa shape index (κ1) is 14.1. The summed E-state index contributed by atoms with van der Waals surface area (Å²) in [7, 11) is 0. The van der Waals surface area contributed by atoms with E-state index in [0.29, 0.717) is 12.3 Å². The highest BCUT2D eigenvalue weighted by atomic mass is 16.5. The van der Waals surface area contributed by atoms with Crippen LogP contribution >= 0.6 is 0 Å². The van der Waals surface area contributed by atoms with Gasteiger partial charge in [0.2, 0.25) is 0 Å². The highest BCUT2D eigenvalue weighted by molar-refractivity contribution is 5.91. The number of amides is 1. The minimum Gasteiger partial charge on any atom is -0.484 e. The van der Waals surface area contributed by atoms with Crippen LogP contribution in [0.5, 0.6) is 5.75 Å². The maximum atomic E-state index is 11.8. The molecule has 0 aliphatic carbocycles. The van der Waals surface area contributed by atoms with Crippen LogP contribution in [0.2, 0.25) is 0 Å². The van der Waals surface area contributed by atoms with E-state index in [1.165, 1.54) is 0 Å². The van der Waals surface area contributed by atoms with Crippen molar-refractivity contribution in [3.8, 4) is 5.75 Å². The second-order valence-corrected chi connectivity index (χ2v) is 4.55. The molecule has 0 aliphatic heterocycles. The van der Waals surface area contributed by atoms with Crippen LogP contribution in [-0.4, -0.2) is 12.5 Å². The highest BCUT2D eigenvalue weighted by Gasteiger charge is 2.03. The third-order valence-corrected chi connectivity index (χ3v) is 2.83. The molecule has 0 heterocycles. The molecule has 0 saturated carbocycles. The van der Waals surface area contributed by atoms with Gasteiger partial charge in [0, 0.05) is 12.2 Å². The summed E-state index contributed by atoms with van der Waals surface area (Å²) in [5.74, 6) is 0.505. The van der Waals surface area contributed by atoms with Crippen LogP contribution < -0.4 is 15.8 Å². The lowest BCUT2D eigenvalue weighted by Crippen LogP contribution is -2.20. The number of benzene rings is 2. The Labute approximate surface area is 118 Å². The molecule has 2 rings (SSSR count). The summed E-state index contributed by atoms with van der Waals surface area (Å²) in [5.41, 5.74) is 8.38. The Bertz CT molecular complexity index is 579. The number of rotatable bonds is 5. The minimum absolute atomic E-state index is 0.0118. The highest BCUT2D eigenvalue weighted by Crippen LogP contribution is 2.13. The molecule has 4 heteroatoms. The Morgan fingerprint density at radius 2 is 1.95 bits per heavy atom. The Balaban J connectivity index is 1.85. The molecule has 0 spiro atoms. The smallest absolute Gasteiger partial charge is 0.262 e. The normalized spacial score (nSPS) is 10.1. The van der Waals surface area contributed by atoms with Crippen LogP contribution in [0.1, 0.15) is 11.1 Å². The van der Waals surface area contributed by atoms with Crippen molar-refractivity contribution in [2.75, 3.05) is 11.9 Å². The van der Waals surface area contributed by atoms with Crippen LogP contribution in [-0.2, 0) is 11.3 Å². The van der Waals surface area contributed by atoms with Crippen molar-refractivity contribution in [3.63, 3.8) is 0 Å². The van der Waals surface area contributed by atoms with Crippen molar-refractivity contribution in [1.82, 2.24) is 0 Å². The first-order valence-electron chi connectivity index (χ1n) is 6.46.